The number of nitro benzene ring substituents is 1. The van der Waals surface area contributed by atoms with E-state index in [-0.39, 0.29) is 17.3 Å². The van der Waals surface area contributed by atoms with Crippen LogP contribution in [0.15, 0.2) is 18.2 Å². The van der Waals surface area contributed by atoms with E-state index in [4.69, 9.17) is 4.74 Å². The maximum absolute atomic E-state index is 14.1. The highest BCUT2D eigenvalue weighted by Crippen LogP contribution is 2.33. The van der Waals surface area contributed by atoms with Gasteiger partial charge in [0.2, 0.25) is 0 Å². The summed E-state index contributed by atoms with van der Waals surface area (Å²) >= 11 is 0. The molecule has 138 valence electrons. The van der Waals surface area contributed by atoms with Crippen molar-refractivity contribution in [2.45, 2.75) is 39.2 Å². The van der Waals surface area contributed by atoms with Gasteiger partial charge >= 0.3 is 6.09 Å². The minimum Gasteiger partial charge on any atom is -0.444 e. The van der Waals surface area contributed by atoms with Crippen molar-refractivity contribution in [1.82, 2.24) is 5.32 Å². The first-order valence-electron chi connectivity index (χ1n) is 8.32. The smallest absolute Gasteiger partial charge is 0.407 e. The van der Waals surface area contributed by atoms with Crippen molar-refractivity contribution in [3.05, 3.63) is 34.1 Å². The van der Waals surface area contributed by atoms with Crippen LogP contribution < -0.4 is 10.2 Å². The number of nitrogens with one attached hydrogen (secondary N) is 1. The van der Waals surface area contributed by atoms with Gasteiger partial charge in [-0.2, -0.15) is 0 Å². The predicted octanol–water partition coefficient (Wildman–Crippen LogP) is 3.48. The summed E-state index contributed by atoms with van der Waals surface area (Å²) in [5.74, 6) is -0.353. The molecule has 25 heavy (non-hydrogen) atoms. The van der Waals surface area contributed by atoms with E-state index in [1.54, 1.807) is 25.7 Å². The number of benzene rings is 1. The van der Waals surface area contributed by atoms with E-state index < -0.39 is 22.4 Å². The number of carbonyl (C=O) groups excluding carboxylic acids is 1. The average molecular weight is 353 g/mol. The van der Waals surface area contributed by atoms with E-state index in [9.17, 15) is 19.3 Å². The Morgan fingerprint density at radius 1 is 1.40 bits per heavy atom. The molecule has 1 amide bonds. The number of anilines is 1. The standard InChI is InChI=1S/C17H24FN3O4/c1-17(2,3)25-16(22)19-11-12-7-9-20(10-8-12)15-13(18)5-4-6-14(15)21(23)24/h4-6,12H,7-11H2,1-3H3,(H,19,22). The third kappa shape index (κ3) is 5.30. The van der Waals surface area contributed by atoms with Crippen LogP contribution in [0, 0.1) is 21.8 Å². The number of carbonyl (C=O) groups is 1. The fourth-order valence-corrected chi connectivity index (χ4v) is 2.87. The molecule has 0 radical (unpaired) electrons. The highest BCUT2D eigenvalue weighted by atomic mass is 19.1. The quantitative estimate of drug-likeness (QED) is 0.662. The van der Waals surface area contributed by atoms with Gasteiger partial charge in [0.15, 0.2) is 11.5 Å². The SMILES string of the molecule is CC(C)(C)OC(=O)NCC1CCN(c2c(F)cccc2[N+](=O)[O-])CC1. The summed E-state index contributed by atoms with van der Waals surface area (Å²) in [7, 11) is 0. The van der Waals surface area contributed by atoms with Gasteiger partial charge < -0.3 is 15.0 Å². The molecule has 0 unspecified atom stereocenters. The Morgan fingerprint density at radius 3 is 2.60 bits per heavy atom. The topological polar surface area (TPSA) is 84.7 Å². The first-order chi connectivity index (χ1) is 11.7. The van der Waals surface area contributed by atoms with Crippen LogP contribution in [0.1, 0.15) is 33.6 Å². The number of amides is 1. The van der Waals surface area contributed by atoms with Crippen molar-refractivity contribution < 1.29 is 18.8 Å². The Bertz CT molecular complexity index is 637. The number of halogens is 1. The number of hydrogen-bond acceptors (Lipinski definition) is 5. The number of ether oxygens (including phenoxy) is 1. The number of alkyl carbamates (subject to hydrolysis) is 1. The Labute approximate surface area is 146 Å². The molecule has 8 heteroatoms. The summed E-state index contributed by atoms with van der Waals surface area (Å²) in [5, 5.41) is 13.9. The Morgan fingerprint density at radius 2 is 2.04 bits per heavy atom. The van der Waals surface area contributed by atoms with Crippen molar-refractivity contribution in [2.24, 2.45) is 5.92 Å². The molecular weight excluding hydrogens is 329 g/mol. The van der Waals surface area contributed by atoms with E-state index in [1.807, 2.05) is 0 Å². The molecule has 1 aliphatic rings. The van der Waals surface area contributed by atoms with Gasteiger partial charge in [0.1, 0.15) is 5.60 Å². The normalized spacial score (nSPS) is 15.8. The summed E-state index contributed by atoms with van der Waals surface area (Å²) in [6.45, 7) is 6.87. The molecule has 1 fully saturated rings. The lowest BCUT2D eigenvalue weighted by Crippen LogP contribution is -2.40. The zero-order valence-corrected chi connectivity index (χ0v) is 14.8. The highest BCUT2D eigenvalue weighted by Gasteiger charge is 2.28. The van der Waals surface area contributed by atoms with Gasteiger partial charge in [-0.3, -0.25) is 10.1 Å². The average Bonchev–Trinajstić information content (AvgIpc) is 2.51. The summed E-state index contributed by atoms with van der Waals surface area (Å²) in [4.78, 5) is 24.0. The summed E-state index contributed by atoms with van der Waals surface area (Å²) in [5.41, 5.74) is -0.714. The predicted molar refractivity (Wildman–Crippen MR) is 92.2 cm³/mol. The molecule has 0 spiro atoms. The largest absolute Gasteiger partial charge is 0.444 e. The van der Waals surface area contributed by atoms with Gasteiger partial charge in [0.25, 0.3) is 5.69 Å². The van der Waals surface area contributed by atoms with Crippen molar-refractivity contribution >= 4 is 17.5 Å². The Balaban J connectivity index is 1.90. The lowest BCUT2D eigenvalue weighted by Gasteiger charge is -2.33. The van der Waals surface area contributed by atoms with Crippen molar-refractivity contribution in [3.63, 3.8) is 0 Å². The van der Waals surface area contributed by atoms with Crippen LogP contribution in [0.25, 0.3) is 0 Å². The summed E-state index contributed by atoms with van der Waals surface area (Å²) < 4.78 is 19.3. The fraction of sp³-hybridized carbons (Fsp3) is 0.588. The molecule has 2 rings (SSSR count). The second kappa shape index (κ2) is 7.67. The number of para-hydroxylation sites is 1. The van der Waals surface area contributed by atoms with E-state index in [0.29, 0.717) is 32.5 Å². The Kier molecular flexibility index (Phi) is 5.81. The number of nitro groups is 1. The molecule has 1 aromatic carbocycles. The number of hydrogen-bond donors (Lipinski definition) is 1. The lowest BCUT2D eigenvalue weighted by atomic mass is 9.96. The molecule has 7 nitrogen and oxygen atoms in total. The molecule has 0 saturated carbocycles. The highest BCUT2D eigenvalue weighted by molar-refractivity contribution is 5.67. The first-order valence-corrected chi connectivity index (χ1v) is 8.32. The van der Waals surface area contributed by atoms with Crippen LogP contribution in [-0.4, -0.2) is 36.3 Å². The second-order valence-corrected chi connectivity index (χ2v) is 7.18. The third-order valence-corrected chi connectivity index (χ3v) is 4.03. The molecule has 1 saturated heterocycles. The van der Waals surface area contributed by atoms with Crippen molar-refractivity contribution in [2.75, 3.05) is 24.5 Å². The first kappa shape index (κ1) is 19.0. The molecule has 0 bridgehead atoms. The minimum atomic E-state index is -0.584. The number of piperidine rings is 1. The van der Waals surface area contributed by atoms with Crippen molar-refractivity contribution in [3.8, 4) is 0 Å². The molecule has 1 aliphatic heterocycles. The van der Waals surface area contributed by atoms with Crippen LogP contribution in [0.4, 0.5) is 20.6 Å². The van der Waals surface area contributed by atoms with E-state index in [2.05, 4.69) is 5.32 Å². The van der Waals surface area contributed by atoms with Gasteiger partial charge in [-0.1, -0.05) is 6.07 Å². The summed E-state index contributed by atoms with van der Waals surface area (Å²) in [6.07, 6.45) is 0.961. The molecular formula is C17H24FN3O4. The van der Waals surface area contributed by atoms with Gasteiger partial charge in [-0.15, -0.1) is 0 Å². The van der Waals surface area contributed by atoms with E-state index >= 15 is 0 Å². The molecule has 1 aromatic rings. The molecule has 1 N–H and O–H groups in total. The zero-order valence-electron chi connectivity index (χ0n) is 14.8. The maximum Gasteiger partial charge on any atom is 0.407 e. The van der Waals surface area contributed by atoms with Gasteiger partial charge in [-0.05, 0) is 45.6 Å². The monoisotopic (exact) mass is 353 g/mol. The summed E-state index contributed by atoms with van der Waals surface area (Å²) in [6, 6.07) is 3.89. The fourth-order valence-electron chi connectivity index (χ4n) is 2.87. The number of rotatable bonds is 4. The molecule has 1 heterocycles. The molecule has 0 aliphatic carbocycles. The van der Waals surface area contributed by atoms with Gasteiger partial charge in [0, 0.05) is 25.7 Å². The second-order valence-electron chi connectivity index (χ2n) is 7.18. The molecule has 0 aromatic heterocycles. The maximum atomic E-state index is 14.1. The van der Waals surface area contributed by atoms with Crippen LogP contribution in [0.2, 0.25) is 0 Å². The zero-order chi connectivity index (χ0) is 18.6. The van der Waals surface area contributed by atoms with Crippen molar-refractivity contribution in [1.29, 1.82) is 0 Å². The van der Waals surface area contributed by atoms with Gasteiger partial charge in [0.05, 0.1) is 4.92 Å². The van der Waals surface area contributed by atoms with Crippen LogP contribution in [-0.2, 0) is 4.74 Å². The van der Waals surface area contributed by atoms with Gasteiger partial charge in [-0.25, -0.2) is 9.18 Å². The van der Waals surface area contributed by atoms with Crippen LogP contribution >= 0.6 is 0 Å². The van der Waals surface area contributed by atoms with Crippen LogP contribution in [0.5, 0.6) is 0 Å². The minimum absolute atomic E-state index is 0.0473. The Hall–Kier alpha value is -2.38. The van der Waals surface area contributed by atoms with Crippen LogP contribution in [0.3, 0.4) is 0 Å². The lowest BCUT2D eigenvalue weighted by molar-refractivity contribution is -0.384. The van der Waals surface area contributed by atoms with E-state index in [1.165, 1.54) is 18.2 Å². The third-order valence-electron chi connectivity index (χ3n) is 4.03. The number of nitrogens with zero attached hydrogens (tertiary/aromatic N) is 2. The van der Waals surface area contributed by atoms with E-state index in [0.717, 1.165) is 0 Å². The molecule has 0 atom stereocenters.